The SMILES string of the molecule is CCOP(=O)(O)OC=C(Cl)Cl. The van der Waals surface area contributed by atoms with Gasteiger partial charge in [0.15, 0.2) is 0 Å². The largest absolute Gasteiger partial charge is 0.526 e. The molecular weight excluding hydrogens is 214 g/mol. The molecule has 0 aromatic heterocycles. The molecule has 0 aromatic rings. The summed E-state index contributed by atoms with van der Waals surface area (Å²) in [6, 6.07) is 0. The van der Waals surface area contributed by atoms with E-state index in [4.69, 9.17) is 28.1 Å². The Labute approximate surface area is 74.3 Å². The summed E-state index contributed by atoms with van der Waals surface area (Å²) >= 11 is 10.2. The summed E-state index contributed by atoms with van der Waals surface area (Å²) < 4.78 is 18.9. The predicted octanol–water partition coefficient (Wildman–Crippen LogP) is 2.42. The van der Waals surface area contributed by atoms with Gasteiger partial charge in [-0.05, 0) is 6.92 Å². The van der Waals surface area contributed by atoms with Gasteiger partial charge in [0.1, 0.15) is 10.8 Å². The van der Waals surface area contributed by atoms with Gasteiger partial charge in [-0.15, -0.1) is 0 Å². The molecule has 0 saturated carbocycles. The van der Waals surface area contributed by atoms with Crippen LogP contribution in [0.25, 0.3) is 0 Å². The Morgan fingerprint density at radius 1 is 1.73 bits per heavy atom. The summed E-state index contributed by atoms with van der Waals surface area (Å²) in [6.45, 7) is 1.62. The molecule has 0 aromatic carbocycles. The first-order valence-corrected chi connectivity index (χ1v) is 4.90. The monoisotopic (exact) mass is 220 g/mol. The molecule has 0 aliphatic rings. The van der Waals surface area contributed by atoms with E-state index in [-0.39, 0.29) is 11.1 Å². The molecule has 0 amide bonds. The van der Waals surface area contributed by atoms with E-state index in [1.807, 2.05) is 0 Å². The third-order valence-corrected chi connectivity index (χ3v) is 1.70. The fourth-order valence-corrected chi connectivity index (χ4v) is 1.14. The van der Waals surface area contributed by atoms with Crippen molar-refractivity contribution in [2.45, 2.75) is 6.92 Å². The summed E-state index contributed by atoms with van der Waals surface area (Å²) in [5, 5.41) is 0. The number of hydrogen-bond acceptors (Lipinski definition) is 3. The van der Waals surface area contributed by atoms with Crippen LogP contribution in [0.3, 0.4) is 0 Å². The summed E-state index contributed by atoms with van der Waals surface area (Å²) in [5.41, 5.74) is 0. The molecule has 0 bridgehead atoms. The molecule has 1 atom stereocenters. The van der Waals surface area contributed by atoms with Crippen LogP contribution in [0.2, 0.25) is 0 Å². The fourth-order valence-electron chi connectivity index (χ4n) is 0.300. The maximum absolute atomic E-state index is 10.7. The second kappa shape index (κ2) is 5.01. The van der Waals surface area contributed by atoms with Gasteiger partial charge in [-0.3, -0.25) is 9.42 Å². The number of hydrogen-bond donors (Lipinski definition) is 1. The lowest BCUT2D eigenvalue weighted by Gasteiger charge is -2.07. The second-order valence-electron chi connectivity index (χ2n) is 1.40. The first-order valence-electron chi connectivity index (χ1n) is 2.65. The highest BCUT2D eigenvalue weighted by atomic mass is 35.5. The Bertz CT molecular complexity index is 189. The van der Waals surface area contributed by atoms with E-state index in [0.717, 1.165) is 6.26 Å². The quantitative estimate of drug-likeness (QED) is 0.584. The summed E-state index contributed by atoms with van der Waals surface area (Å²) in [4.78, 5) is 8.71. The highest BCUT2D eigenvalue weighted by Crippen LogP contribution is 2.43. The van der Waals surface area contributed by atoms with Crippen LogP contribution >= 0.6 is 31.0 Å². The molecule has 0 aliphatic heterocycles. The second-order valence-corrected chi connectivity index (χ2v) is 3.81. The van der Waals surface area contributed by atoms with Gasteiger partial charge in [0, 0.05) is 0 Å². The Morgan fingerprint density at radius 3 is 2.64 bits per heavy atom. The third-order valence-electron chi connectivity index (χ3n) is 0.567. The van der Waals surface area contributed by atoms with Gasteiger partial charge in [0.05, 0.1) is 6.61 Å². The Balaban J connectivity index is 3.93. The average Bonchev–Trinajstić information content (AvgIpc) is 1.84. The molecule has 66 valence electrons. The van der Waals surface area contributed by atoms with Gasteiger partial charge in [0.25, 0.3) is 0 Å². The van der Waals surface area contributed by atoms with Gasteiger partial charge >= 0.3 is 7.82 Å². The van der Waals surface area contributed by atoms with Gasteiger partial charge in [-0.1, -0.05) is 23.2 Å². The maximum Gasteiger partial charge on any atom is 0.526 e. The zero-order valence-corrected chi connectivity index (χ0v) is 8.07. The van der Waals surface area contributed by atoms with Crippen LogP contribution in [-0.4, -0.2) is 11.5 Å². The van der Waals surface area contributed by atoms with E-state index in [1.54, 1.807) is 6.92 Å². The lowest BCUT2D eigenvalue weighted by molar-refractivity contribution is 0.196. The molecule has 11 heavy (non-hydrogen) atoms. The normalized spacial score (nSPS) is 15.3. The van der Waals surface area contributed by atoms with Crippen LogP contribution < -0.4 is 0 Å². The number of halogens is 2. The zero-order chi connectivity index (χ0) is 8.91. The van der Waals surface area contributed by atoms with Crippen LogP contribution in [0.15, 0.2) is 10.8 Å². The Kier molecular flexibility index (Phi) is 5.13. The van der Waals surface area contributed by atoms with Crippen molar-refractivity contribution in [2.75, 3.05) is 6.61 Å². The van der Waals surface area contributed by atoms with Crippen molar-refractivity contribution < 1.29 is 18.5 Å². The van der Waals surface area contributed by atoms with Gasteiger partial charge in [-0.2, -0.15) is 0 Å². The Hall–Kier alpha value is 0.270. The minimum atomic E-state index is -3.99. The molecule has 0 fully saturated rings. The van der Waals surface area contributed by atoms with Crippen molar-refractivity contribution in [3.05, 3.63) is 10.8 Å². The van der Waals surface area contributed by atoms with Crippen molar-refractivity contribution in [3.63, 3.8) is 0 Å². The van der Waals surface area contributed by atoms with Crippen molar-refractivity contribution in [1.82, 2.24) is 0 Å². The zero-order valence-electron chi connectivity index (χ0n) is 5.66. The molecule has 0 rings (SSSR count). The molecule has 0 radical (unpaired) electrons. The minimum Gasteiger partial charge on any atom is -0.410 e. The number of phosphoric acid groups is 1. The first-order chi connectivity index (χ1) is 4.98. The standard InChI is InChI=1S/C4H7Cl2O4P/c1-2-9-11(7,8)10-3-4(5)6/h3H,2H2,1H3,(H,7,8). The maximum atomic E-state index is 10.7. The van der Waals surface area contributed by atoms with Gasteiger partial charge < -0.3 is 4.52 Å². The van der Waals surface area contributed by atoms with E-state index in [0.29, 0.717) is 0 Å². The van der Waals surface area contributed by atoms with E-state index < -0.39 is 7.82 Å². The molecule has 0 aliphatic carbocycles. The minimum absolute atomic E-state index is 0.0710. The first kappa shape index (κ1) is 11.3. The molecule has 0 saturated heterocycles. The van der Waals surface area contributed by atoms with E-state index in [9.17, 15) is 4.57 Å². The van der Waals surface area contributed by atoms with Crippen molar-refractivity contribution >= 4 is 31.0 Å². The topological polar surface area (TPSA) is 55.8 Å². The number of phosphoric ester groups is 1. The molecule has 0 heterocycles. The molecule has 4 nitrogen and oxygen atoms in total. The van der Waals surface area contributed by atoms with E-state index in [1.165, 1.54) is 0 Å². The molecule has 1 N–H and O–H groups in total. The summed E-state index contributed by atoms with van der Waals surface area (Å²) in [5.74, 6) is 0. The lowest BCUT2D eigenvalue weighted by atomic mass is 10.9. The van der Waals surface area contributed by atoms with Crippen molar-refractivity contribution in [3.8, 4) is 0 Å². The van der Waals surface area contributed by atoms with Crippen molar-refractivity contribution in [2.24, 2.45) is 0 Å². The van der Waals surface area contributed by atoms with Crippen LogP contribution in [0.5, 0.6) is 0 Å². The van der Waals surface area contributed by atoms with Crippen LogP contribution in [0.1, 0.15) is 6.92 Å². The van der Waals surface area contributed by atoms with E-state index in [2.05, 4.69) is 9.05 Å². The summed E-state index contributed by atoms with van der Waals surface area (Å²) in [6.07, 6.45) is 0.736. The third kappa shape index (κ3) is 6.66. The average molecular weight is 221 g/mol. The van der Waals surface area contributed by atoms with Gasteiger partial charge in [-0.25, -0.2) is 4.57 Å². The smallest absolute Gasteiger partial charge is 0.410 e. The molecule has 7 heteroatoms. The summed E-state index contributed by atoms with van der Waals surface area (Å²) in [7, 11) is -3.99. The van der Waals surface area contributed by atoms with Gasteiger partial charge in [0.2, 0.25) is 0 Å². The lowest BCUT2D eigenvalue weighted by Crippen LogP contribution is -1.89. The highest BCUT2D eigenvalue weighted by Gasteiger charge is 2.19. The Morgan fingerprint density at radius 2 is 2.27 bits per heavy atom. The molecule has 1 unspecified atom stereocenters. The van der Waals surface area contributed by atoms with Crippen LogP contribution in [-0.2, 0) is 13.6 Å². The molecule has 0 spiro atoms. The number of rotatable bonds is 4. The molecular formula is C4H7Cl2O4P. The predicted molar refractivity (Wildman–Crippen MR) is 42.3 cm³/mol. The highest BCUT2D eigenvalue weighted by molar-refractivity contribution is 7.47. The van der Waals surface area contributed by atoms with Crippen molar-refractivity contribution in [1.29, 1.82) is 0 Å². The fraction of sp³-hybridized carbons (Fsp3) is 0.500. The van der Waals surface area contributed by atoms with E-state index >= 15 is 0 Å². The van der Waals surface area contributed by atoms with Crippen LogP contribution in [0.4, 0.5) is 0 Å². The van der Waals surface area contributed by atoms with Crippen LogP contribution in [0, 0.1) is 0 Å².